The molecule has 0 aliphatic carbocycles. The summed E-state index contributed by atoms with van der Waals surface area (Å²) in [5.41, 5.74) is -3.10. The van der Waals surface area contributed by atoms with Crippen molar-refractivity contribution in [3.05, 3.63) is 12.0 Å². The van der Waals surface area contributed by atoms with Crippen LogP contribution in [0.25, 0.3) is 0 Å². The third-order valence-corrected chi connectivity index (χ3v) is 1.12. The first-order valence-corrected chi connectivity index (χ1v) is 2.98. The van der Waals surface area contributed by atoms with Gasteiger partial charge in [0.1, 0.15) is 5.60 Å². The van der Waals surface area contributed by atoms with Crippen molar-refractivity contribution >= 4 is 11.9 Å². The van der Waals surface area contributed by atoms with Gasteiger partial charge < -0.3 is 35.1 Å². The minimum absolute atomic E-state index is 0. The van der Waals surface area contributed by atoms with Gasteiger partial charge in [-0.25, -0.2) is 5.95 Å². The van der Waals surface area contributed by atoms with Crippen molar-refractivity contribution in [2.75, 3.05) is 0 Å². The Morgan fingerprint density at radius 3 is 1.53 bits per heavy atom. The van der Waals surface area contributed by atoms with E-state index in [1.807, 2.05) is 0 Å². The first kappa shape index (κ1) is 31.6. The number of aliphatic hydroxyl groups is 1. The molecule has 1 atom stereocenters. The second-order valence-electron chi connectivity index (χ2n) is 2.22. The maximum Gasteiger partial charge on any atom is 1.00 e. The van der Waals surface area contributed by atoms with E-state index in [0.717, 1.165) is 0 Å². The molecule has 11 heteroatoms. The van der Waals surface area contributed by atoms with Gasteiger partial charge in [-0.2, -0.15) is 0 Å². The Kier molecular flexibility index (Phi) is 27.2. The van der Waals surface area contributed by atoms with Crippen LogP contribution in [-0.2, 0) is 9.59 Å². The quantitative estimate of drug-likeness (QED) is 0.397. The van der Waals surface area contributed by atoms with Crippen molar-refractivity contribution in [2.24, 2.45) is 0 Å². The molecular formula is C6H4Na4O7. The molecule has 0 aliphatic heterocycles. The SMILES string of the molecule is O=C([O-])CC(O)(C=C([O-])[O-])C(=O)[O-].[Na+].[Na+].[Na+].[Na+]. The Hall–Kier alpha value is 2.24. The number of carboxylic acids is 2. The Labute approximate surface area is 186 Å². The Morgan fingerprint density at radius 2 is 1.35 bits per heavy atom. The van der Waals surface area contributed by atoms with Crippen molar-refractivity contribution < 1.29 is 153 Å². The fourth-order valence-electron chi connectivity index (χ4n) is 0.597. The van der Waals surface area contributed by atoms with Gasteiger partial charge in [-0.3, -0.25) is 0 Å². The molecule has 0 aromatic heterocycles. The maximum atomic E-state index is 10.1. The van der Waals surface area contributed by atoms with Gasteiger partial charge in [-0.1, -0.05) is 6.08 Å². The molecule has 0 saturated carbocycles. The number of carbonyl (C=O) groups is 2. The van der Waals surface area contributed by atoms with Crippen LogP contribution in [0.15, 0.2) is 12.0 Å². The van der Waals surface area contributed by atoms with Gasteiger partial charge in [0, 0.05) is 12.4 Å². The zero-order valence-corrected chi connectivity index (χ0v) is 18.2. The zero-order chi connectivity index (χ0) is 10.6. The van der Waals surface area contributed by atoms with Gasteiger partial charge in [-0.15, -0.1) is 0 Å². The van der Waals surface area contributed by atoms with E-state index in [1.165, 1.54) is 0 Å². The van der Waals surface area contributed by atoms with E-state index in [9.17, 15) is 30.0 Å². The van der Waals surface area contributed by atoms with Gasteiger partial charge in [0.15, 0.2) is 0 Å². The van der Waals surface area contributed by atoms with Crippen LogP contribution in [0.3, 0.4) is 0 Å². The van der Waals surface area contributed by atoms with Gasteiger partial charge in [0.2, 0.25) is 0 Å². The van der Waals surface area contributed by atoms with Crippen LogP contribution in [0.2, 0.25) is 0 Å². The molecule has 7 nitrogen and oxygen atoms in total. The molecule has 0 spiro atoms. The van der Waals surface area contributed by atoms with E-state index in [2.05, 4.69) is 0 Å². The fraction of sp³-hybridized carbons (Fsp3) is 0.333. The molecular weight excluding hydrogens is 276 g/mol. The molecule has 0 saturated heterocycles. The van der Waals surface area contributed by atoms with Crippen LogP contribution < -0.4 is 139 Å². The molecule has 17 heavy (non-hydrogen) atoms. The van der Waals surface area contributed by atoms with Crippen LogP contribution in [0, 0.1) is 0 Å². The average molecular weight is 280 g/mol. The Balaban J connectivity index is -0.000000120. The molecule has 0 fully saturated rings. The first-order chi connectivity index (χ1) is 5.78. The van der Waals surface area contributed by atoms with Crippen molar-refractivity contribution in [2.45, 2.75) is 12.0 Å². The predicted octanol–water partition coefficient (Wildman–Crippen LogP) is -17.8. The molecule has 1 unspecified atom stereocenters. The van der Waals surface area contributed by atoms with Crippen molar-refractivity contribution in [1.82, 2.24) is 0 Å². The summed E-state index contributed by atoms with van der Waals surface area (Å²) in [6, 6.07) is 0. The molecule has 0 radical (unpaired) electrons. The second kappa shape index (κ2) is 14.6. The number of hydrogen-bond donors (Lipinski definition) is 1. The Morgan fingerprint density at radius 1 is 1.00 bits per heavy atom. The van der Waals surface area contributed by atoms with E-state index < -0.39 is 29.9 Å². The summed E-state index contributed by atoms with van der Waals surface area (Å²) in [7, 11) is 0. The molecule has 0 aromatic rings. The molecule has 0 aromatic carbocycles. The third kappa shape index (κ3) is 14.5. The van der Waals surface area contributed by atoms with Crippen LogP contribution >= 0.6 is 0 Å². The number of carbonyl (C=O) groups excluding carboxylic acids is 2. The molecule has 0 heterocycles. The summed E-state index contributed by atoms with van der Waals surface area (Å²) in [6.45, 7) is 0. The minimum atomic E-state index is -3.10. The summed E-state index contributed by atoms with van der Waals surface area (Å²) < 4.78 is 0. The van der Waals surface area contributed by atoms with E-state index in [4.69, 9.17) is 5.11 Å². The molecule has 0 rings (SSSR count). The summed E-state index contributed by atoms with van der Waals surface area (Å²) in [5, 5.41) is 48.6. The predicted molar refractivity (Wildman–Crippen MR) is 27.7 cm³/mol. The summed E-state index contributed by atoms with van der Waals surface area (Å²) in [4.78, 5) is 20.0. The van der Waals surface area contributed by atoms with E-state index in [-0.39, 0.29) is 124 Å². The Bertz CT molecular complexity index is 265. The third-order valence-electron chi connectivity index (χ3n) is 1.12. The van der Waals surface area contributed by atoms with Crippen molar-refractivity contribution in [3.8, 4) is 0 Å². The summed E-state index contributed by atoms with van der Waals surface area (Å²) in [6.07, 6.45) is -1.61. The van der Waals surface area contributed by atoms with Crippen molar-refractivity contribution in [3.63, 3.8) is 0 Å². The largest absolute Gasteiger partial charge is 1.00 e. The molecule has 0 bridgehead atoms. The van der Waals surface area contributed by atoms with Gasteiger partial charge in [0.05, 0.1) is 5.97 Å². The van der Waals surface area contributed by atoms with Crippen LogP contribution in [0.4, 0.5) is 0 Å². The zero-order valence-electron chi connectivity index (χ0n) is 10.2. The van der Waals surface area contributed by atoms with Crippen LogP contribution in [-0.4, -0.2) is 22.6 Å². The number of aliphatic carboxylic acids is 2. The maximum absolute atomic E-state index is 10.1. The number of hydrogen-bond acceptors (Lipinski definition) is 7. The topological polar surface area (TPSA) is 147 Å². The normalized spacial score (nSPS) is 10.9. The van der Waals surface area contributed by atoms with Crippen molar-refractivity contribution in [1.29, 1.82) is 0 Å². The fourth-order valence-corrected chi connectivity index (χ4v) is 0.597. The number of rotatable bonds is 4. The second-order valence-corrected chi connectivity index (χ2v) is 2.22. The average Bonchev–Trinajstić information content (AvgIpc) is 1.82. The van der Waals surface area contributed by atoms with Gasteiger partial charge in [0.25, 0.3) is 0 Å². The molecule has 0 amide bonds. The van der Waals surface area contributed by atoms with E-state index in [0.29, 0.717) is 0 Å². The van der Waals surface area contributed by atoms with Gasteiger partial charge in [-0.05, 0) is 0 Å². The number of carboxylic acid groups (broad SMARTS) is 2. The first-order valence-electron chi connectivity index (χ1n) is 2.98. The standard InChI is InChI=1S/C6H8O7.4Na/c7-3(8)1-6(13,5(11)12)2-4(9)10;;;;/h1,7-8,13H,2H2,(H,9,10)(H,11,12);;;;/q;4*+1/p-4. The minimum Gasteiger partial charge on any atom is -0.884 e. The summed E-state index contributed by atoms with van der Waals surface area (Å²) in [5.74, 6) is -6.20. The van der Waals surface area contributed by atoms with Crippen LogP contribution in [0.1, 0.15) is 6.42 Å². The molecule has 0 aliphatic rings. The smallest absolute Gasteiger partial charge is 0.884 e. The molecule has 74 valence electrons. The van der Waals surface area contributed by atoms with E-state index >= 15 is 0 Å². The summed E-state index contributed by atoms with van der Waals surface area (Å²) >= 11 is 0. The van der Waals surface area contributed by atoms with Crippen LogP contribution in [0.5, 0.6) is 0 Å². The molecule has 1 N–H and O–H groups in total. The van der Waals surface area contributed by atoms with E-state index in [1.54, 1.807) is 0 Å². The monoisotopic (exact) mass is 280 g/mol. The van der Waals surface area contributed by atoms with Gasteiger partial charge >= 0.3 is 118 Å².